The van der Waals surface area contributed by atoms with Gasteiger partial charge in [0.15, 0.2) is 0 Å². The predicted molar refractivity (Wildman–Crippen MR) is 171 cm³/mol. The summed E-state index contributed by atoms with van der Waals surface area (Å²) >= 11 is 0. The molecule has 3 aromatic carbocycles. The number of ether oxygens (including phenoxy) is 2. The Morgan fingerprint density at radius 2 is 1.33 bits per heavy atom. The van der Waals surface area contributed by atoms with E-state index in [1.54, 1.807) is 41.5 Å². The van der Waals surface area contributed by atoms with Crippen molar-refractivity contribution in [1.82, 2.24) is 5.06 Å². The van der Waals surface area contributed by atoms with Gasteiger partial charge in [-0.3, -0.25) is 32.8 Å². The summed E-state index contributed by atoms with van der Waals surface area (Å²) in [4.78, 5) is 42.5. The van der Waals surface area contributed by atoms with Gasteiger partial charge in [-0.25, -0.2) is 5.06 Å². The second kappa shape index (κ2) is 16.1. The molecule has 0 N–H and O–H groups in total. The quantitative estimate of drug-likeness (QED) is 0.0533. The van der Waals surface area contributed by atoms with Crippen molar-refractivity contribution in [3.63, 3.8) is 0 Å². The van der Waals surface area contributed by atoms with E-state index in [4.69, 9.17) is 23.4 Å². The third-order valence-electron chi connectivity index (χ3n) is 6.84. The third kappa shape index (κ3) is 11.4. The van der Waals surface area contributed by atoms with Gasteiger partial charge in [0.1, 0.15) is 6.61 Å². The Morgan fingerprint density at radius 3 is 1.89 bits per heavy atom. The Bertz CT molecular complexity index is 1430. The zero-order chi connectivity index (χ0) is 33.1. The highest BCUT2D eigenvalue weighted by Gasteiger charge is 2.38. The number of carbonyl (C=O) groups excluding carboxylic acids is 3. The molecule has 1 amide bonds. The van der Waals surface area contributed by atoms with E-state index in [-0.39, 0.29) is 26.0 Å². The summed E-state index contributed by atoms with van der Waals surface area (Å²) < 4.78 is 36.5. The maximum atomic E-state index is 14.5. The lowest BCUT2D eigenvalue weighted by Gasteiger charge is -2.29. The highest BCUT2D eigenvalue weighted by atomic mass is 31.2. The van der Waals surface area contributed by atoms with Gasteiger partial charge in [-0.15, -0.1) is 0 Å². The van der Waals surface area contributed by atoms with Crippen molar-refractivity contribution in [2.45, 2.75) is 66.6 Å². The van der Waals surface area contributed by atoms with Crippen LogP contribution in [0.1, 0.15) is 59.1 Å². The largest absolute Gasteiger partial charge is 0.438 e. The summed E-state index contributed by atoms with van der Waals surface area (Å²) in [5, 5.41) is 3.16. The molecule has 10 nitrogen and oxygen atoms in total. The Labute approximate surface area is 265 Å². The molecule has 0 spiro atoms. The Kier molecular flexibility index (Phi) is 12.9. The van der Waals surface area contributed by atoms with E-state index in [9.17, 15) is 18.9 Å². The first-order valence-corrected chi connectivity index (χ1v) is 16.4. The highest BCUT2D eigenvalue weighted by molar-refractivity contribution is 7.54. The van der Waals surface area contributed by atoms with Crippen LogP contribution in [0.5, 0.6) is 0 Å². The average Bonchev–Trinajstić information content (AvgIpc) is 2.99. The second-order valence-electron chi connectivity index (χ2n) is 12.7. The maximum absolute atomic E-state index is 14.5. The maximum Gasteiger partial charge on any atom is 0.339 e. The summed E-state index contributed by atoms with van der Waals surface area (Å²) in [6.07, 6.45) is 0.894. The van der Waals surface area contributed by atoms with Gasteiger partial charge in [-0.2, -0.15) is 0 Å². The molecule has 3 rings (SSSR count). The highest BCUT2D eigenvalue weighted by Crippen LogP contribution is 2.55. The fourth-order valence-corrected chi connectivity index (χ4v) is 5.91. The van der Waals surface area contributed by atoms with Gasteiger partial charge in [0.25, 0.3) is 0 Å². The molecule has 0 aromatic heterocycles. The third-order valence-corrected chi connectivity index (χ3v) is 9.11. The number of amides is 1. The van der Waals surface area contributed by atoms with Crippen LogP contribution in [-0.4, -0.2) is 49.2 Å². The first-order valence-electron chi connectivity index (χ1n) is 14.8. The zero-order valence-electron chi connectivity index (χ0n) is 26.9. The van der Waals surface area contributed by atoms with E-state index in [0.29, 0.717) is 6.41 Å². The molecule has 0 heterocycles. The fraction of sp³-hybridized carbons (Fsp3) is 0.441. The molecule has 0 aliphatic carbocycles. The van der Waals surface area contributed by atoms with Crippen molar-refractivity contribution < 1.29 is 42.3 Å². The minimum atomic E-state index is -4.17. The van der Waals surface area contributed by atoms with Crippen molar-refractivity contribution in [3.05, 3.63) is 83.9 Å². The first-order chi connectivity index (χ1) is 21.2. The lowest BCUT2D eigenvalue weighted by molar-refractivity contribution is -0.177. The Hall–Kier alpha value is -3.56. The van der Waals surface area contributed by atoms with Crippen LogP contribution < -0.4 is 0 Å². The van der Waals surface area contributed by atoms with E-state index >= 15 is 0 Å². The number of hydroxylamine groups is 2. The fourth-order valence-electron chi connectivity index (χ4n) is 4.15. The lowest BCUT2D eigenvalue weighted by Crippen LogP contribution is -2.29. The van der Waals surface area contributed by atoms with Crippen molar-refractivity contribution in [3.8, 4) is 0 Å². The standard InChI is InChI=1S/C34H44NO9P/c1-33(2,3)31(37)40-24-43-45(39,44-25-41-32(38)34(4,5)6)30(21-27-16-17-28-14-10-11-15-29(28)20-27)18-19-35(23-36)42-22-26-12-8-7-9-13-26/h7-17,20,23,30H,18-19,21-22,24-25H2,1-6H3. The smallest absolute Gasteiger partial charge is 0.339 e. The van der Waals surface area contributed by atoms with E-state index < -0.39 is 49.6 Å². The molecule has 0 saturated carbocycles. The van der Waals surface area contributed by atoms with Crippen LogP contribution in [-0.2, 0) is 55.3 Å². The van der Waals surface area contributed by atoms with Gasteiger partial charge < -0.3 is 9.47 Å². The Morgan fingerprint density at radius 1 is 0.778 bits per heavy atom. The molecular weight excluding hydrogens is 597 g/mol. The van der Waals surface area contributed by atoms with Crippen molar-refractivity contribution >= 4 is 36.7 Å². The van der Waals surface area contributed by atoms with Gasteiger partial charge in [0.05, 0.1) is 16.5 Å². The van der Waals surface area contributed by atoms with Crippen LogP contribution >= 0.6 is 7.60 Å². The van der Waals surface area contributed by atoms with Gasteiger partial charge in [-0.1, -0.05) is 72.8 Å². The lowest BCUT2D eigenvalue weighted by atomic mass is 9.98. The minimum Gasteiger partial charge on any atom is -0.438 e. The number of esters is 2. The number of hydrogen-bond acceptors (Lipinski definition) is 9. The Balaban J connectivity index is 1.87. The normalized spacial score (nSPS) is 12.8. The minimum absolute atomic E-state index is 0.0504. The summed E-state index contributed by atoms with van der Waals surface area (Å²) in [5.41, 5.74) is -0.769. The number of hydrogen-bond donors (Lipinski definition) is 0. The average molecular weight is 642 g/mol. The van der Waals surface area contributed by atoms with Crippen LogP contribution in [0.2, 0.25) is 0 Å². The first kappa shape index (κ1) is 35.9. The van der Waals surface area contributed by atoms with Crippen molar-refractivity contribution in [2.24, 2.45) is 10.8 Å². The van der Waals surface area contributed by atoms with E-state index in [0.717, 1.165) is 27.0 Å². The van der Waals surface area contributed by atoms with Crippen LogP contribution in [0.15, 0.2) is 72.8 Å². The summed E-state index contributed by atoms with van der Waals surface area (Å²) in [7, 11) is -4.17. The van der Waals surface area contributed by atoms with Crippen LogP contribution in [0, 0.1) is 10.8 Å². The second-order valence-corrected chi connectivity index (χ2v) is 15.1. The van der Waals surface area contributed by atoms with Gasteiger partial charge >= 0.3 is 19.5 Å². The molecule has 1 unspecified atom stereocenters. The summed E-state index contributed by atoms with van der Waals surface area (Å²) in [5.74, 6) is -1.11. The molecule has 0 fully saturated rings. The van der Waals surface area contributed by atoms with Crippen LogP contribution in [0.4, 0.5) is 0 Å². The monoisotopic (exact) mass is 641 g/mol. The van der Waals surface area contributed by atoms with Gasteiger partial charge in [-0.05, 0) is 76.3 Å². The van der Waals surface area contributed by atoms with E-state index in [2.05, 4.69) is 0 Å². The van der Waals surface area contributed by atoms with Gasteiger partial charge in [0.2, 0.25) is 20.0 Å². The SMILES string of the molecule is CC(C)(C)C(=O)OCOP(=O)(OCOC(=O)C(C)(C)C)C(CCN(C=O)OCc1ccccc1)Cc1ccc2ccccc2c1. The molecule has 1 atom stereocenters. The molecule has 0 saturated heterocycles. The number of carbonyl (C=O) groups is 3. The van der Waals surface area contributed by atoms with Crippen LogP contribution in [0.3, 0.4) is 0 Å². The molecule has 244 valence electrons. The van der Waals surface area contributed by atoms with Gasteiger partial charge in [0, 0.05) is 6.54 Å². The van der Waals surface area contributed by atoms with E-state index in [1.807, 2.05) is 72.8 Å². The van der Waals surface area contributed by atoms with Crippen LogP contribution in [0.25, 0.3) is 10.8 Å². The zero-order valence-corrected chi connectivity index (χ0v) is 27.8. The summed E-state index contributed by atoms with van der Waals surface area (Å²) in [6, 6.07) is 23.1. The van der Waals surface area contributed by atoms with E-state index in [1.165, 1.54) is 0 Å². The molecular formula is C34H44NO9P. The molecule has 3 aromatic rings. The topological polar surface area (TPSA) is 118 Å². The number of rotatable bonds is 16. The molecule has 0 radical (unpaired) electrons. The molecule has 11 heteroatoms. The summed E-state index contributed by atoms with van der Waals surface area (Å²) in [6.45, 7) is 9.03. The van der Waals surface area contributed by atoms with Crippen molar-refractivity contribution in [1.29, 1.82) is 0 Å². The predicted octanol–water partition coefficient (Wildman–Crippen LogP) is 7.05. The molecule has 0 aliphatic rings. The molecule has 0 aliphatic heterocycles. The molecule has 45 heavy (non-hydrogen) atoms. The number of benzene rings is 3. The number of fused-ring (bicyclic) bond motifs is 1. The molecule has 0 bridgehead atoms. The van der Waals surface area contributed by atoms with Crippen molar-refractivity contribution in [2.75, 3.05) is 20.1 Å². The number of nitrogens with zero attached hydrogens (tertiary/aromatic N) is 1.